The van der Waals surface area contributed by atoms with Gasteiger partial charge < -0.3 is 5.32 Å². The van der Waals surface area contributed by atoms with Crippen LogP contribution in [0.25, 0.3) is 0 Å². The standard InChI is InChI=1S/C13H7BrCl2FNO/c14-9-6-7(17)4-5-11(9)18-13(19)8-2-1-3-10(15)12(8)16/h1-6H,(H,18,19). The molecule has 6 heteroatoms. The van der Waals surface area contributed by atoms with E-state index in [-0.39, 0.29) is 10.6 Å². The zero-order valence-corrected chi connectivity index (χ0v) is 12.5. The summed E-state index contributed by atoms with van der Waals surface area (Å²) in [5, 5.41) is 3.11. The van der Waals surface area contributed by atoms with Crippen molar-refractivity contribution in [1.82, 2.24) is 0 Å². The van der Waals surface area contributed by atoms with Gasteiger partial charge in [-0.1, -0.05) is 29.3 Å². The van der Waals surface area contributed by atoms with Gasteiger partial charge in [-0.2, -0.15) is 0 Å². The van der Waals surface area contributed by atoms with Crippen LogP contribution < -0.4 is 5.32 Å². The lowest BCUT2D eigenvalue weighted by Gasteiger charge is -2.09. The second kappa shape index (κ2) is 5.90. The van der Waals surface area contributed by atoms with Crippen LogP contribution in [0.5, 0.6) is 0 Å². The van der Waals surface area contributed by atoms with Crippen molar-refractivity contribution in [3.8, 4) is 0 Å². The molecule has 1 N–H and O–H groups in total. The van der Waals surface area contributed by atoms with E-state index in [0.29, 0.717) is 15.2 Å². The molecule has 0 aromatic heterocycles. The van der Waals surface area contributed by atoms with Gasteiger partial charge in [0.15, 0.2) is 0 Å². The Hall–Kier alpha value is -1.10. The first-order valence-corrected chi connectivity index (χ1v) is 6.74. The molecule has 0 unspecified atom stereocenters. The number of carbonyl (C=O) groups excluding carboxylic acids is 1. The highest BCUT2D eigenvalue weighted by atomic mass is 79.9. The van der Waals surface area contributed by atoms with Crippen LogP contribution in [0.4, 0.5) is 10.1 Å². The highest BCUT2D eigenvalue weighted by molar-refractivity contribution is 9.10. The van der Waals surface area contributed by atoms with Crippen LogP contribution in [-0.2, 0) is 0 Å². The SMILES string of the molecule is O=C(Nc1ccc(F)cc1Br)c1cccc(Cl)c1Cl. The summed E-state index contributed by atoms with van der Waals surface area (Å²) in [6.07, 6.45) is 0. The van der Waals surface area contributed by atoms with Gasteiger partial charge in [0.05, 0.1) is 21.3 Å². The zero-order chi connectivity index (χ0) is 14.0. The molecule has 0 aliphatic rings. The monoisotopic (exact) mass is 361 g/mol. The van der Waals surface area contributed by atoms with E-state index in [9.17, 15) is 9.18 Å². The van der Waals surface area contributed by atoms with Gasteiger partial charge in [-0.3, -0.25) is 4.79 Å². The van der Waals surface area contributed by atoms with E-state index in [2.05, 4.69) is 21.2 Å². The molecule has 0 aliphatic carbocycles. The maximum atomic E-state index is 12.9. The van der Waals surface area contributed by atoms with Crippen LogP contribution in [0.1, 0.15) is 10.4 Å². The normalized spacial score (nSPS) is 10.3. The molecule has 1 amide bonds. The van der Waals surface area contributed by atoms with Gasteiger partial charge in [0.2, 0.25) is 0 Å². The molecule has 2 rings (SSSR count). The van der Waals surface area contributed by atoms with E-state index in [1.807, 2.05) is 0 Å². The second-order valence-electron chi connectivity index (χ2n) is 3.68. The Morgan fingerprint density at radius 1 is 1.21 bits per heavy atom. The third kappa shape index (κ3) is 3.26. The molecule has 0 fully saturated rings. The summed E-state index contributed by atoms with van der Waals surface area (Å²) in [4.78, 5) is 12.1. The van der Waals surface area contributed by atoms with Crippen molar-refractivity contribution in [1.29, 1.82) is 0 Å². The summed E-state index contributed by atoms with van der Waals surface area (Å²) < 4.78 is 13.4. The summed E-state index contributed by atoms with van der Waals surface area (Å²) >= 11 is 15.0. The molecular weight excluding hydrogens is 356 g/mol. The minimum atomic E-state index is -0.417. The Morgan fingerprint density at radius 2 is 1.95 bits per heavy atom. The number of amides is 1. The fourth-order valence-corrected chi connectivity index (χ4v) is 2.30. The highest BCUT2D eigenvalue weighted by Crippen LogP contribution is 2.28. The number of anilines is 1. The van der Waals surface area contributed by atoms with Gasteiger partial charge in [-0.05, 0) is 46.3 Å². The van der Waals surface area contributed by atoms with Crippen LogP contribution in [0.2, 0.25) is 10.0 Å². The molecule has 98 valence electrons. The maximum absolute atomic E-state index is 12.9. The fourth-order valence-electron chi connectivity index (χ4n) is 1.46. The Balaban J connectivity index is 2.28. The molecule has 2 nitrogen and oxygen atoms in total. The van der Waals surface area contributed by atoms with Gasteiger partial charge in [-0.15, -0.1) is 0 Å². The molecule has 2 aromatic rings. The van der Waals surface area contributed by atoms with Gasteiger partial charge in [0, 0.05) is 4.47 Å². The van der Waals surface area contributed by atoms with Crippen LogP contribution >= 0.6 is 39.1 Å². The molecule has 19 heavy (non-hydrogen) atoms. The fraction of sp³-hybridized carbons (Fsp3) is 0. The van der Waals surface area contributed by atoms with Gasteiger partial charge in [-0.25, -0.2) is 4.39 Å². The van der Waals surface area contributed by atoms with Crippen molar-refractivity contribution in [2.45, 2.75) is 0 Å². The molecule has 0 saturated heterocycles. The van der Waals surface area contributed by atoms with Crippen LogP contribution in [0.15, 0.2) is 40.9 Å². The minimum Gasteiger partial charge on any atom is -0.321 e. The minimum absolute atomic E-state index is 0.180. The summed E-state index contributed by atoms with van der Waals surface area (Å²) in [5.41, 5.74) is 0.702. The number of benzene rings is 2. The van der Waals surface area contributed by atoms with E-state index in [1.54, 1.807) is 18.2 Å². The lowest BCUT2D eigenvalue weighted by atomic mass is 10.2. The largest absolute Gasteiger partial charge is 0.321 e. The average Bonchev–Trinajstić information content (AvgIpc) is 2.36. The topological polar surface area (TPSA) is 29.1 Å². The maximum Gasteiger partial charge on any atom is 0.257 e. The summed E-state index contributed by atoms with van der Waals surface area (Å²) in [6, 6.07) is 8.74. The Morgan fingerprint density at radius 3 is 2.63 bits per heavy atom. The number of halogens is 4. The first-order valence-electron chi connectivity index (χ1n) is 5.19. The molecule has 0 bridgehead atoms. The van der Waals surface area contributed by atoms with Gasteiger partial charge in [0.25, 0.3) is 5.91 Å². The number of hydrogen-bond donors (Lipinski definition) is 1. The second-order valence-corrected chi connectivity index (χ2v) is 5.32. The summed E-state index contributed by atoms with van der Waals surface area (Å²) in [7, 11) is 0. The van der Waals surface area contributed by atoms with E-state index in [0.717, 1.165) is 0 Å². The Labute approximate surface area is 127 Å². The van der Waals surface area contributed by atoms with E-state index in [4.69, 9.17) is 23.2 Å². The van der Waals surface area contributed by atoms with Crippen LogP contribution in [0, 0.1) is 5.82 Å². The van der Waals surface area contributed by atoms with Gasteiger partial charge in [0.1, 0.15) is 5.82 Å². The van der Waals surface area contributed by atoms with Crippen LogP contribution in [0.3, 0.4) is 0 Å². The van der Waals surface area contributed by atoms with Crippen molar-refractivity contribution >= 4 is 50.7 Å². The number of rotatable bonds is 2. The van der Waals surface area contributed by atoms with Crippen LogP contribution in [-0.4, -0.2) is 5.91 Å². The van der Waals surface area contributed by atoms with Gasteiger partial charge >= 0.3 is 0 Å². The van der Waals surface area contributed by atoms with Crippen molar-refractivity contribution in [2.75, 3.05) is 5.32 Å². The first-order chi connectivity index (χ1) is 8.99. The molecule has 0 spiro atoms. The van der Waals surface area contributed by atoms with Crippen molar-refractivity contribution in [2.24, 2.45) is 0 Å². The molecule has 0 heterocycles. The molecule has 0 aliphatic heterocycles. The predicted octanol–water partition coefficient (Wildman–Crippen LogP) is 5.15. The van der Waals surface area contributed by atoms with Crippen molar-refractivity contribution in [3.63, 3.8) is 0 Å². The van der Waals surface area contributed by atoms with Crippen molar-refractivity contribution in [3.05, 3.63) is 62.3 Å². The summed E-state index contributed by atoms with van der Waals surface area (Å²) in [6.45, 7) is 0. The molecule has 0 atom stereocenters. The van der Waals surface area contributed by atoms with E-state index in [1.165, 1.54) is 18.2 Å². The zero-order valence-electron chi connectivity index (χ0n) is 9.38. The lowest BCUT2D eigenvalue weighted by Crippen LogP contribution is -2.13. The van der Waals surface area contributed by atoms with Crippen molar-refractivity contribution < 1.29 is 9.18 Å². The van der Waals surface area contributed by atoms with E-state index >= 15 is 0 Å². The third-order valence-electron chi connectivity index (χ3n) is 2.38. The lowest BCUT2D eigenvalue weighted by molar-refractivity contribution is 0.102. The highest BCUT2D eigenvalue weighted by Gasteiger charge is 2.14. The molecular formula is C13H7BrCl2FNO. The smallest absolute Gasteiger partial charge is 0.257 e. The third-order valence-corrected chi connectivity index (χ3v) is 3.85. The molecule has 2 aromatic carbocycles. The quantitative estimate of drug-likeness (QED) is 0.786. The summed E-state index contributed by atoms with van der Waals surface area (Å²) in [5.74, 6) is -0.814. The number of carbonyl (C=O) groups is 1. The number of nitrogens with one attached hydrogen (secondary N) is 1. The molecule has 0 saturated carbocycles. The predicted molar refractivity (Wildman–Crippen MR) is 78.5 cm³/mol. The Kier molecular flexibility index (Phi) is 4.45. The first kappa shape index (κ1) is 14.3. The Bertz CT molecular complexity index is 649. The molecule has 0 radical (unpaired) electrons. The van der Waals surface area contributed by atoms with E-state index < -0.39 is 11.7 Å². The number of hydrogen-bond acceptors (Lipinski definition) is 1. The average molecular weight is 363 g/mol.